The van der Waals surface area contributed by atoms with E-state index in [2.05, 4.69) is 198 Å². The van der Waals surface area contributed by atoms with Gasteiger partial charge in [-0.05, 0) is 86.8 Å². The molecule has 0 bridgehead atoms. The quantitative estimate of drug-likeness (QED) is 0.119. The van der Waals surface area contributed by atoms with Gasteiger partial charge in [0, 0.05) is 0 Å². The van der Waals surface area contributed by atoms with E-state index < -0.39 is 37.3 Å². The van der Waals surface area contributed by atoms with E-state index in [9.17, 15) is 0 Å². The van der Waals surface area contributed by atoms with Crippen molar-refractivity contribution in [1.82, 2.24) is 4.14 Å². The zero-order chi connectivity index (χ0) is 41.6. The van der Waals surface area contributed by atoms with Crippen LogP contribution < -0.4 is 0 Å². The van der Waals surface area contributed by atoms with Gasteiger partial charge in [0.05, 0.1) is 0 Å². The summed E-state index contributed by atoms with van der Waals surface area (Å²) in [7, 11) is 13.4. The van der Waals surface area contributed by atoms with Crippen LogP contribution in [0.25, 0.3) is 43.8 Å². The maximum absolute atomic E-state index is 5.98. The molecule has 6 rings (SSSR count). The average Bonchev–Trinajstić information content (AvgIpc) is 3.73. The van der Waals surface area contributed by atoms with Crippen LogP contribution >= 0.6 is 17.0 Å². The molecule has 7 heteroatoms. The minimum atomic E-state index is -1.22. The van der Waals surface area contributed by atoms with Crippen LogP contribution in [0.4, 0.5) is 0 Å². The van der Waals surface area contributed by atoms with Gasteiger partial charge in [-0.2, -0.15) is 12.1 Å². The number of aryl methyl sites for hydroxylation is 4. The molecule has 0 aromatic heterocycles. The molecule has 55 heavy (non-hydrogen) atoms. The number of hydrogen-bond donors (Lipinski definition) is 0. The Hall–Kier alpha value is -1.98. The average molecular weight is 884 g/mol. The summed E-state index contributed by atoms with van der Waals surface area (Å²) in [6, 6.07) is 31.9. The third-order valence-electron chi connectivity index (χ3n) is 10.5. The van der Waals surface area contributed by atoms with Crippen molar-refractivity contribution in [2.75, 3.05) is 0 Å². The van der Waals surface area contributed by atoms with Crippen LogP contribution in [0.15, 0.2) is 84.9 Å². The molecule has 0 saturated heterocycles. The predicted octanol–water partition coefficient (Wildman–Crippen LogP) is 16.0. The Morgan fingerprint density at radius 2 is 0.873 bits per heavy atom. The Morgan fingerprint density at radius 3 is 1.15 bits per heavy atom. The number of hydrogen-bond acceptors (Lipinski definition) is 1. The van der Waals surface area contributed by atoms with E-state index in [-0.39, 0.29) is 0 Å². The fourth-order valence-electron chi connectivity index (χ4n) is 7.30. The number of nitrogens with zero attached hydrogens (tertiary/aromatic N) is 1. The van der Waals surface area contributed by atoms with Gasteiger partial charge in [-0.15, -0.1) is 69.1 Å². The van der Waals surface area contributed by atoms with Crippen molar-refractivity contribution in [3.8, 4) is 22.3 Å². The molecule has 0 saturated carbocycles. The van der Waals surface area contributed by atoms with Crippen molar-refractivity contribution in [3.05, 3.63) is 129 Å². The van der Waals surface area contributed by atoms with E-state index in [0.29, 0.717) is 11.8 Å². The standard InChI is InChI=1S/2C21H23.C6H18BNSi2.2ClH.Zr/c2*1-13(2)18-11-17-7-6-8-19(21(17)12-18)20-10-14(3)9-15(4)16(20)5;1-9(2,3)8(7)10(4,5)6;;;/h2*6-13H,1-5H3;1-6H3;2*1H;/q2*-1;;;;+4/p-2. The van der Waals surface area contributed by atoms with Gasteiger partial charge in [0.15, 0.2) is 7.98 Å². The van der Waals surface area contributed by atoms with E-state index in [4.69, 9.17) is 25.0 Å². The molecule has 6 aromatic carbocycles. The van der Waals surface area contributed by atoms with Gasteiger partial charge < -0.3 is 4.14 Å². The molecular weight excluding hydrogens is 820 g/mol. The van der Waals surface area contributed by atoms with E-state index in [1.54, 1.807) is 0 Å². The first-order valence-corrected chi connectivity index (χ1v) is 32.8. The molecule has 0 atom stereocenters. The van der Waals surface area contributed by atoms with E-state index >= 15 is 0 Å². The molecule has 0 unspecified atom stereocenters. The summed E-state index contributed by atoms with van der Waals surface area (Å²) >= 11 is -0.826. The van der Waals surface area contributed by atoms with Gasteiger partial charge >= 0.3 is 37.9 Å². The van der Waals surface area contributed by atoms with Crippen LogP contribution in [-0.4, -0.2) is 28.6 Å². The van der Waals surface area contributed by atoms with Crippen LogP contribution in [0.5, 0.6) is 0 Å². The maximum atomic E-state index is 5.98. The molecule has 0 aliphatic rings. The summed E-state index contributed by atoms with van der Waals surface area (Å²) in [5.41, 5.74) is 16.5. The van der Waals surface area contributed by atoms with Crippen molar-refractivity contribution in [2.24, 2.45) is 0 Å². The molecule has 1 nitrogen and oxygen atoms in total. The number of benzene rings is 4. The number of rotatable bonds is 6. The second-order valence-corrected chi connectivity index (χ2v) is 31.6. The fourth-order valence-corrected chi connectivity index (χ4v) is 15.3. The second kappa shape index (κ2) is 20.1. The second-order valence-electron chi connectivity index (χ2n) is 17.8. The number of fused-ring (bicyclic) bond motifs is 2. The Balaban J connectivity index is 0.000000227. The van der Waals surface area contributed by atoms with Crippen molar-refractivity contribution in [2.45, 2.75) is 120 Å². The van der Waals surface area contributed by atoms with Crippen LogP contribution in [0.2, 0.25) is 39.3 Å². The van der Waals surface area contributed by atoms with Crippen molar-refractivity contribution in [3.63, 3.8) is 0 Å². The zero-order valence-corrected chi connectivity index (χ0v) is 42.5. The Morgan fingerprint density at radius 1 is 0.545 bits per heavy atom. The first-order valence-electron chi connectivity index (χ1n) is 19.6. The van der Waals surface area contributed by atoms with Crippen LogP contribution in [0, 0.1) is 41.5 Å². The molecule has 0 aliphatic heterocycles. The summed E-state index contributed by atoms with van der Waals surface area (Å²) in [4.78, 5) is 0. The van der Waals surface area contributed by atoms with Crippen LogP contribution in [0.3, 0.4) is 0 Å². The van der Waals surface area contributed by atoms with Gasteiger partial charge in [-0.1, -0.05) is 126 Å². The molecule has 0 spiro atoms. The van der Waals surface area contributed by atoms with Gasteiger partial charge in [-0.3, -0.25) is 0 Å². The van der Waals surface area contributed by atoms with Gasteiger partial charge in [0.25, 0.3) is 0 Å². The Labute approximate surface area is 357 Å². The summed E-state index contributed by atoms with van der Waals surface area (Å²) in [6.07, 6.45) is 0. The summed E-state index contributed by atoms with van der Waals surface area (Å²) in [5, 5.41) is 5.48. The zero-order valence-electron chi connectivity index (χ0n) is 36.5. The molecule has 6 aromatic rings. The van der Waals surface area contributed by atoms with Crippen LogP contribution in [-0.2, 0) is 20.8 Å². The van der Waals surface area contributed by atoms with Crippen molar-refractivity contribution in [1.29, 1.82) is 0 Å². The Bertz CT molecular complexity index is 2030. The predicted molar refractivity (Wildman–Crippen MR) is 253 cm³/mol. The van der Waals surface area contributed by atoms with E-state index in [0.717, 1.165) is 0 Å². The summed E-state index contributed by atoms with van der Waals surface area (Å²) in [5.74, 6) is 1.15. The summed E-state index contributed by atoms with van der Waals surface area (Å²) in [6.45, 7) is 36.0. The van der Waals surface area contributed by atoms with Gasteiger partial charge in [0.1, 0.15) is 16.5 Å². The Kier molecular flexibility index (Phi) is 17.3. The van der Waals surface area contributed by atoms with Crippen molar-refractivity contribution < 1.29 is 20.8 Å². The van der Waals surface area contributed by atoms with E-state index in [1.165, 1.54) is 88.3 Å². The topological polar surface area (TPSA) is 3.24 Å². The molecule has 0 amide bonds. The van der Waals surface area contributed by atoms with Crippen LogP contribution in [0.1, 0.15) is 84.0 Å². The molecule has 2 radical (unpaired) electrons. The molecule has 0 N–H and O–H groups in total. The molecule has 290 valence electrons. The third kappa shape index (κ3) is 12.5. The monoisotopic (exact) mass is 881 g/mol. The molecule has 0 fully saturated rings. The van der Waals surface area contributed by atoms with Gasteiger partial charge in [-0.25, -0.2) is 0 Å². The third-order valence-corrected chi connectivity index (χ3v) is 17.4. The molecule has 0 aliphatic carbocycles. The first-order chi connectivity index (χ1) is 25.5. The molecular formula is C48H64BCl2NSi2Zr. The molecule has 0 heterocycles. The normalized spacial score (nSPS) is 11.6. The first kappa shape index (κ1) is 47.4. The van der Waals surface area contributed by atoms with E-state index in [1.807, 2.05) is 0 Å². The number of halogens is 2. The fraction of sp³-hybridized carbons (Fsp3) is 0.375. The van der Waals surface area contributed by atoms with Crippen molar-refractivity contribution >= 4 is 63.0 Å². The minimum absolute atomic E-state index is 0.575. The SMILES string of the molecule is Cc1cc(C)c(C)c(-c2cccc3[cH-]c(C(C)C)cc23)c1.Cc1cc(C)c(C)c(-c2cccc3[cH-]c(C(C)C)cc23)c1.[B]N([Si](C)(C)C)[Si](C)(C)C.[Cl][Zr+2][Cl]. The van der Waals surface area contributed by atoms with Gasteiger partial charge in [0.2, 0.25) is 0 Å². The summed E-state index contributed by atoms with van der Waals surface area (Å²) < 4.78 is 2.15.